The lowest BCUT2D eigenvalue weighted by atomic mass is 10.2. The number of carbonyl (C=O) groups excluding carboxylic acids is 1. The van der Waals surface area contributed by atoms with E-state index >= 15 is 0 Å². The number of phenolic OH excluding ortho intramolecular Hbond substituents is 1. The van der Waals surface area contributed by atoms with Crippen LogP contribution in [0.2, 0.25) is 0 Å². The summed E-state index contributed by atoms with van der Waals surface area (Å²) in [7, 11) is 0. The van der Waals surface area contributed by atoms with Crippen LogP contribution < -0.4 is 5.32 Å². The number of nitrogens with one attached hydrogen (secondary N) is 1. The lowest BCUT2D eigenvalue weighted by molar-refractivity contribution is -0.111. The van der Waals surface area contributed by atoms with Crippen LogP contribution in [0.3, 0.4) is 0 Å². The number of amides is 1. The maximum Gasteiger partial charge on any atom is 0.300 e. The summed E-state index contributed by atoms with van der Waals surface area (Å²) in [6, 6.07) is 6.31. The molecular formula is C15H19NO2. The van der Waals surface area contributed by atoms with E-state index in [2.05, 4.69) is 24.1 Å². The van der Waals surface area contributed by atoms with Gasteiger partial charge in [0.2, 0.25) is 0 Å². The Morgan fingerprint density at radius 1 is 1.22 bits per heavy atom. The summed E-state index contributed by atoms with van der Waals surface area (Å²) in [5.41, 5.74) is 0.637. The van der Waals surface area contributed by atoms with E-state index in [1.807, 2.05) is 0 Å². The van der Waals surface area contributed by atoms with Gasteiger partial charge < -0.3 is 10.4 Å². The summed E-state index contributed by atoms with van der Waals surface area (Å²) in [5, 5.41) is 11.7. The van der Waals surface area contributed by atoms with Crippen molar-refractivity contribution in [2.75, 3.05) is 5.32 Å². The fraction of sp³-hybridized carbons (Fsp3) is 0.400. The standard InChI is InChI=1S/C15H19NO2/c1-2-3-4-5-6-7-8-15(18)16-13-9-11-14(17)12-10-13/h9-12,17H,2-6H2,1H3,(H,16,18). The number of benzene rings is 1. The van der Waals surface area contributed by atoms with E-state index in [0.717, 1.165) is 12.8 Å². The second-order valence-corrected chi connectivity index (χ2v) is 4.11. The molecule has 0 aliphatic carbocycles. The van der Waals surface area contributed by atoms with Crippen LogP contribution in [-0.2, 0) is 4.79 Å². The highest BCUT2D eigenvalue weighted by Crippen LogP contribution is 2.13. The minimum atomic E-state index is -0.309. The monoisotopic (exact) mass is 245 g/mol. The summed E-state index contributed by atoms with van der Waals surface area (Å²) < 4.78 is 0. The topological polar surface area (TPSA) is 49.3 Å². The normalized spacial score (nSPS) is 9.39. The maximum absolute atomic E-state index is 11.4. The number of anilines is 1. The highest BCUT2D eigenvalue weighted by atomic mass is 16.3. The minimum Gasteiger partial charge on any atom is -0.508 e. The predicted molar refractivity (Wildman–Crippen MR) is 73.3 cm³/mol. The second kappa shape index (κ2) is 8.19. The highest BCUT2D eigenvalue weighted by Gasteiger charge is 1.97. The molecule has 1 aromatic carbocycles. The summed E-state index contributed by atoms with van der Waals surface area (Å²) >= 11 is 0. The largest absolute Gasteiger partial charge is 0.508 e. The molecule has 0 unspecified atom stereocenters. The van der Waals surface area contributed by atoms with Crippen molar-refractivity contribution in [3.63, 3.8) is 0 Å². The van der Waals surface area contributed by atoms with Crippen LogP contribution in [0, 0.1) is 11.8 Å². The third-order valence-corrected chi connectivity index (χ3v) is 2.48. The maximum atomic E-state index is 11.4. The number of phenols is 1. The Balaban J connectivity index is 2.29. The van der Waals surface area contributed by atoms with Crippen LogP contribution in [0.15, 0.2) is 24.3 Å². The van der Waals surface area contributed by atoms with Crippen molar-refractivity contribution in [1.29, 1.82) is 0 Å². The molecule has 0 radical (unpaired) electrons. The van der Waals surface area contributed by atoms with E-state index in [9.17, 15) is 4.79 Å². The van der Waals surface area contributed by atoms with Gasteiger partial charge in [0.15, 0.2) is 0 Å². The van der Waals surface area contributed by atoms with E-state index in [-0.39, 0.29) is 11.7 Å². The zero-order valence-electron chi connectivity index (χ0n) is 10.7. The lowest BCUT2D eigenvalue weighted by Crippen LogP contribution is -2.08. The first-order valence-electron chi connectivity index (χ1n) is 6.31. The van der Waals surface area contributed by atoms with Crippen LogP contribution in [-0.4, -0.2) is 11.0 Å². The van der Waals surface area contributed by atoms with E-state index in [1.165, 1.54) is 31.4 Å². The lowest BCUT2D eigenvalue weighted by Gasteiger charge is -1.99. The highest BCUT2D eigenvalue weighted by molar-refractivity contribution is 6.03. The summed E-state index contributed by atoms with van der Waals surface area (Å²) in [4.78, 5) is 11.4. The van der Waals surface area contributed by atoms with Crippen molar-refractivity contribution in [2.45, 2.75) is 39.0 Å². The van der Waals surface area contributed by atoms with Crippen LogP contribution in [0.25, 0.3) is 0 Å². The minimum absolute atomic E-state index is 0.176. The molecule has 0 bridgehead atoms. The Labute approximate surface area is 108 Å². The molecule has 0 fully saturated rings. The van der Waals surface area contributed by atoms with Gasteiger partial charge in [-0.2, -0.15) is 0 Å². The summed E-state index contributed by atoms with van der Waals surface area (Å²) in [6.45, 7) is 2.16. The third kappa shape index (κ3) is 5.95. The molecule has 18 heavy (non-hydrogen) atoms. The smallest absolute Gasteiger partial charge is 0.300 e. The molecule has 0 aromatic heterocycles. The second-order valence-electron chi connectivity index (χ2n) is 4.11. The fourth-order valence-corrected chi connectivity index (χ4v) is 1.49. The first kappa shape index (κ1) is 14.1. The number of hydrogen-bond donors (Lipinski definition) is 2. The molecule has 3 heteroatoms. The Hall–Kier alpha value is -1.95. The van der Waals surface area contributed by atoms with E-state index < -0.39 is 0 Å². The van der Waals surface area contributed by atoms with Crippen molar-refractivity contribution in [3.05, 3.63) is 24.3 Å². The Morgan fingerprint density at radius 3 is 2.61 bits per heavy atom. The Morgan fingerprint density at radius 2 is 1.94 bits per heavy atom. The van der Waals surface area contributed by atoms with Crippen molar-refractivity contribution in [3.8, 4) is 17.6 Å². The number of aromatic hydroxyl groups is 1. The van der Waals surface area contributed by atoms with E-state index in [1.54, 1.807) is 12.1 Å². The summed E-state index contributed by atoms with van der Waals surface area (Å²) in [6.07, 6.45) is 5.41. The molecule has 0 saturated carbocycles. The SMILES string of the molecule is CCCCCCC#CC(=O)Nc1ccc(O)cc1. The molecular weight excluding hydrogens is 226 g/mol. The van der Waals surface area contributed by atoms with E-state index in [4.69, 9.17) is 5.11 Å². The molecule has 2 N–H and O–H groups in total. The Bertz CT molecular complexity index is 426. The number of unbranched alkanes of at least 4 members (excludes halogenated alkanes) is 4. The van der Waals surface area contributed by atoms with Gasteiger partial charge in [-0.3, -0.25) is 4.79 Å². The van der Waals surface area contributed by atoms with Gasteiger partial charge in [-0.05, 0) is 36.6 Å². The molecule has 0 heterocycles. The van der Waals surface area contributed by atoms with Crippen molar-refractivity contribution in [1.82, 2.24) is 0 Å². The van der Waals surface area contributed by atoms with Gasteiger partial charge in [-0.1, -0.05) is 32.1 Å². The van der Waals surface area contributed by atoms with Crippen LogP contribution >= 0.6 is 0 Å². The zero-order valence-corrected chi connectivity index (χ0v) is 10.7. The molecule has 0 spiro atoms. The molecule has 3 nitrogen and oxygen atoms in total. The van der Waals surface area contributed by atoms with Crippen LogP contribution in [0.1, 0.15) is 39.0 Å². The van der Waals surface area contributed by atoms with Crippen LogP contribution in [0.4, 0.5) is 5.69 Å². The summed E-state index contributed by atoms with van der Waals surface area (Å²) in [5.74, 6) is 5.29. The molecule has 1 aromatic rings. The molecule has 0 aliphatic heterocycles. The van der Waals surface area contributed by atoms with Gasteiger partial charge in [0, 0.05) is 12.1 Å². The quantitative estimate of drug-likeness (QED) is 0.475. The molecule has 0 saturated heterocycles. The molecule has 1 amide bonds. The van der Waals surface area contributed by atoms with Gasteiger partial charge in [-0.25, -0.2) is 0 Å². The number of carbonyl (C=O) groups is 1. The molecule has 0 atom stereocenters. The van der Waals surface area contributed by atoms with Gasteiger partial charge >= 0.3 is 0 Å². The molecule has 96 valence electrons. The number of rotatable bonds is 5. The molecule has 1 rings (SSSR count). The van der Waals surface area contributed by atoms with Crippen LogP contribution in [0.5, 0.6) is 5.75 Å². The number of hydrogen-bond acceptors (Lipinski definition) is 2. The molecule has 0 aliphatic rings. The van der Waals surface area contributed by atoms with Gasteiger partial charge in [0.25, 0.3) is 5.91 Å². The Kier molecular flexibility index (Phi) is 6.42. The average molecular weight is 245 g/mol. The first-order valence-corrected chi connectivity index (χ1v) is 6.31. The van der Waals surface area contributed by atoms with Crippen molar-refractivity contribution < 1.29 is 9.90 Å². The first-order chi connectivity index (χ1) is 8.72. The van der Waals surface area contributed by atoms with Gasteiger partial charge in [-0.15, -0.1) is 0 Å². The van der Waals surface area contributed by atoms with Gasteiger partial charge in [0.05, 0.1) is 0 Å². The zero-order chi connectivity index (χ0) is 13.2. The average Bonchev–Trinajstić information content (AvgIpc) is 2.36. The van der Waals surface area contributed by atoms with Gasteiger partial charge in [0.1, 0.15) is 5.75 Å². The van der Waals surface area contributed by atoms with Crippen molar-refractivity contribution >= 4 is 11.6 Å². The predicted octanol–water partition coefficient (Wildman–Crippen LogP) is 3.30. The third-order valence-electron chi connectivity index (χ3n) is 2.48. The fourth-order valence-electron chi connectivity index (χ4n) is 1.49. The van der Waals surface area contributed by atoms with E-state index in [0.29, 0.717) is 5.69 Å². The van der Waals surface area contributed by atoms with Crippen molar-refractivity contribution in [2.24, 2.45) is 0 Å².